The summed E-state index contributed by atoms with van der Waals surface area (Å²) in [6.45, 7) is 5.90. The quantitative estimate of drug-likeness (QED) is 0.469. The molecule has 1 atom stereocenters. The molecule has 0 spiro atoms. The summed E-state index contributed by atoms with van der Waals surface area (Å²) in [6.07, 6.45) is 2.57. The van der Waals surface area contributed by atoms with E-state index >= 15 is 0 Å². The fraction of sp³-hybridized carbons (Fsp3) is 0.231. The van der Waals surface area contributed by atoms with E-state index in [-0.39, 0.29) is 6.04 Å². The van der Waals surface area contributed by atoms with Gasteiger partial charge in [-0.25, -0.2) is 0 Å². The third-order valence-electron chi connectivity index (χ3n) is 2.64. The largest absolute Gasteiger partial charge is 0.464 e. The minimum absolute atomic E-state index is 0.0566. The lowest BCUT2D eigenvalue weighted by atomic mass is 10.0. The Morgan fingerprint density at radius 2 is 2.25 bits per heavy atom. The number of rotatable bonds is 4. The molecule has 0 saturated carbocycles. The van der Waals surface area contributed by atoms with E-state index < -0.39 is 0 Å². The maximum absolute atomic E-state index is 5.57. The van der Waals surface area contributed by atoms with Crippen molar-refractivity contribution < 1.29 is 4.42 Å². The first-order valence-corrected chi connectivity index (χ1v) is 5.29. The van der Waals surface area contributed by atoms with Crippen LogP contribution in [-0.2, 0) is 0 Å². The highest BCUT2D eigenvalue weighted by molar-refractivity contribution is 5.81. The van der Waals surface area contributed by atoms with Gasteiger partial charge in [0.05, 0.1) is 12.3 Å². The van der Waals surface area contributed by atoms with Crippen LogP contribution in [0.1, 0.15) is 24.9 Å². The van der Waals surface area contributed by atoms with Crippen molar-refractivity contribution in [3.63, 3.8) is 0 Å². The Balaban J connectivity index is 2.41. The minimum atomic E-state index is 0.0566. The Bertz CT molecular complexity index is 501. The zero-order valence-electron chi connectivity index (χ0n) is 9.36. The maximum atomic E-state index is 5.57. The molecule has 3 nitrogen and oxygen atoms in total. The lowest BCUT2D eigenvalue weighted by Gasteiger charge is -2.14. The molecule has 3 heteroatoms. The van der Waals surface area contributed by atoms with Crippen LogP contribution in [0.4, 0.5) is 0 Å². The van der Waals surface area contributed by atoms with Crippen LogP contribution in [0.2, 0.25) is 0 Å². The first-order valence-electron chi connectivity index (χ1n) is 5.29. The number of para-hydroxylation sites is 1. The average molecular weight is 216 g/mol. The van der Waals surface area contributed by atoms with Crippen molar-refractivity contribution in [3.8, 4) is 0 Å². The first kappa shape index (κ1) is 10.9. The Morgan fingerprint density at radius 3 is 2.94 bits per heavy atom. The van der Waals surface area contributed by atoms with E-state index in [0.29, 0.717) is 0 Å². The smallest absolute Gasteiger partial charge is 0.134 e. The molecular weight excluding hydrogens is 200 g/mol. The van der Waals surface area contributed by atoms with Crippen LogP contribution in [0, 0.1) is 0 Å². The van der Waals surface area contributed by atoms with Gasteiger partial charge in [0.15, 0.2) is 0 Å². The molecule has 0 bridgehead atoms. The molecule has 3 N–H and O–H groups in total. The SMILES string of the molecule is C=C(C)CC(NN)c1coc2ccccc12. The highest BCUT2D eigenvalue weighted by atomic mass is 16.3. The monoisotopic (exact) mass is 216 g/mol. The number of nitrogens with two attached hydrogens (primary N) is 1. The molecule has 0 saturated heterocycles. The highest BCUT2D eigenvalue weighted by Gasteiger charge is 2.15. The van der Waals surface area contributed by atoms with Crippen molar-refractivity contribution in [2.75, 3.05) is 0 Å². The molecule has 1 aromatic carbocycles. The Labute approximate surface area is 94.9 Å². The standard InChI is InChI=1S/C13H16N2O/c1-9(2)7-12(15-14)11-8-16-13-6-4-3-5-10(11)13/h3-6,8,12,15H,1,7,14H2,2H3. The van der Waals surface area contributed by atoms with E-state index in [9.17, 15) is 0 Å². The summed E-state index contributed by atoms with van der Waals surface area (Å²) in [7, 11) is 0. The maximum Gasteiger partial charge on any atom is 0.134 e. The topological polar surface area (TPSA) is 51.2 Å². The molecule has 1 aromatic heterocycles. The van der Waals surface area contributed by atoms with Crippen molar-refractivity contribution in [2.24, 2.45) is 5.84 Å². The molecular formula is C13H16N2O. The summed E-state index contributed by atoms with van der Waals surface area (Å²) in [4.78, 5) is 0. The number of hydrogen-bond donors (Lipinski definition) is 2. The molecule has 2 rings (SSSR count). The zero-order valence-corrected chi connectivity index (χ0v) is 9.36. The summed E-state index contributed by atoms with van der Waals surface area (Å²) in [6, 6.07) is 8.00. The van der Waals surface area contributed by atoms with Crippen LogP contribution < -0.4 is 11.3 Å². The van der Waals surface area contributed by atoms with Crippen LogP contribution in [0.25, 0.3) is 11.0 Å². The zero-order chi connectivity index (χ0) is 11.5. The molecule has 0 amide bonds. The summed E-state index contributed by atoms with van der Waals surface area (Å²) >= 11 is 0. The van der Waals surface area contributed by atoms with Crippen LogP contribution in [0.15, 0.2) is 47.1 Å². The van der Waals surface area contributed by atoms with Crippen LogP contribution in [0.3, 0.4) is 0 Å². The summed E-state index contributed by atoms with van der Waals surface area (Å²) in [5.74, 6) is 5.57. The summed E-state index contributed by atoms with van der Waals surface area (Å²) < 4.78 is 5.49. The molecule has 0 radical (unpaired) electrons. The molecule has 0 aliphatic carbocycles. The predicted molar refractivity (Wildman–Crippen MR) is 65.7 cm³/mol. The van der Waals surface area contributed by atoms with Gasteiger partial charge in [-0.05, 0) is 19.4 Å². The first-order chi connectivity index (χ1) is 7.72. The Hall–Kier alpha value is -1.58. The fourth-order valence-corrected chi connectivity index (χ4v) is 1.88. The second kappa shape index (κ2) is 4.51. The minimum Gasteiger partial charge on any atom is -0.464 e. The van der Waals surface area contributed by atoms with E-state index in [4.69, 9.17) is 10.3 Å². The van der Waals surface area contributed by atoms with E-state index in [1.165, 1.54) is 0 Å². The van der Waals surface area contributed by atoms with Gasteiger partial charge in [0, 0.05) is 10.9 Å². The van der Waals surface area contributed by atoms with Gasteiger partial charge in [-0.1, -0.05) is 23.8 Å². The number of furan rings is 1. The molecule has 0 aliphatic heterocycles. The van der Waals surface area contributed by atoms with Crippen molar-refractivity contribution in [1.82, 2.24) is 5.43 Å². The number of hydrazine groups is 1. The molecule has 2 aromatic rings. The Kier molecular flexibility index (Phi) is 3.08. The van der Waals surface area contributed by atoms with Gasteiger partial charge in [-0.3, -0.25) is 11.3 Å². The van der Waals surface area contributed by atoms with Gasteiger partial charge < -0.3 is 4.42 Å². The van der Waals surface area contributed by atoms with Crippen molar-refractivity contribution in [1.29, 1.82) is 0 Å². The van der Waals surface area contributed by atoms with Gasteiger partial charge in [0.1, 0.15) is 5.58 Å². The fourth-order valence-electron chi connectivity index (χ4n) is 1.88. The Morgan fingerprint density at radius 1 is 1.50 bits per heavy atom. The summed E-state index contributed by atoms with van der Waals surface area (Å²) in [5.41, 5.74) is 5.87. The average Bonchev–Trinajstić information content (AvgIpc) is 2.69. The summed E-state index contributed by atoms with van der Waals surface area (Å²) in [5, 5.41) is 1.10. The van der Waals surface area contributed by atoms with Crippen LogP contribution in [0.5, 0.6) is 0 Å². The molecule has 84 valence electrons. The number of hydrogen-bond acceptors (Lipinski definition) is 3. The molecule has 16 heavy (non-hydrogen) atoms. The van der Waals surface area contributed by atoms with Gasteiger partial charge >= 0.3 is 0 Å². The van der Waals surface area contributed by atoms with E-state index in [0.717, 1.165) is 28.5 Å². The van der Waals surface area contributed by atoms with Gasteiger partial charge in [0.2, 0.25) is 0 Å². The third-order valence-corrected chi connectivity index (χ3v) is 2.64. The van der Waals surface area contributed by atoms with E-state index in [1.807, 2.05) is 31.2 Å². The second-order valence-corrected chi connectivity index (χ2v) is 4.07. The number of benzene rings is 1. The number of nitrogens with one attached hydrogen (secondary N) is 1. The van der Waals surface area contributed by atoms with Gasteiger partial charge in [-0.2, -0.15) is 0 Å². The lowest BCUT2D eigenvalue weighted by Crippen LogP contribution is -2.27. The predicted octanol–water partition coefficient (Wildman–Crippen LogP) is 2.90. The molecule has 1 unspecified atom stereocenters. The van der Waals surface area contributed by atoms with Crippen molar-refractivity contribution >= 4 is 11.0 Å². The van der Waals surface area contributed by atoms with E-state index in [2.05, 4.69) is 12.0 Å². The van der Waals surface area contributed by atoms with Crippen molar-refractivity contribution in [3.05, 3.63) is 48.2 Å². The second-order valence-electron chi connectivity index (χ2n) is 4.07. The molecule has 1 heterocycles. The van der Waals surface area contributed by atoms with E-state index in [1.54, 1.807) is 6.26 Å². The van der Waals surface area contributed by atoms with Crippen molar-refractivity contribution in [2.45, 2.75) is 19.4 Å². The number of fused-ring (bicyclic) bond motifs is 1. The molecule has 0 fully saturated rings. The third kappa shape index (κ3) is 2.01. The van der Waals surface area contributed by atoms with Gasteiger partial charge in [0.25, 0.3) is 0 Å². The normalized spacial score (nSPS) is 12.9. The molecule has 0 aliphatic rings. The van der Waals surface area contributed by atoms with Crippen LogP contribution >= 0.6 is 0 Å². The van der Waals surface area contributed by atoms with Gasteiger partial charge in [-0.15, -0.1) is 6.58 Å². The highest BCUT2D eigenvalue weighted by Crippen LogP contribution is 2.28. The van der Waals surface area contributed by atoms with Crippen LogP contribution in [-0.4, -0.2) is 0 Å². The lowest BCUT2D eigenvalue weighted by molar-refractivity contribution is 0.535.